The Morgan fingerprint density at radius 2 is 2.00 bits per heavy atom. The Kier molecular flexibility index (Phi) is 2.90. The highest BCUT2D eigenvalue weighted by Crippen LogP contribution is 2.52. The molecule has 0 amide bonds. The lowest BCUT2D eigenvalue weighted by molar-refractivity contribution is -0.193. The van der Waals surface area contributed by atoms with Crippen LogP contribution in [0.3, 0.4) is 0 Å². The van der Waals surface area contributed by atoms with Gasteiger partial charge < -0.3 is 4.74 Å². The molecule has 1 heterocycles. The van der Waals surface area contributed by atoms with E-state index in [1.54, 1.807) is 0 Å². The van der Waals surface area contributed by atoms with Crippen molar-refractivity contribution in [1.29, 1.82) is 0 Å². The smallest absolute Gasteiger partial charge is 0.141 e. The lowest BCUT2D eigenvalue weighted by atomic mass is 9.58. The quantitative estimate of drug-likeness (QED) is 0.683. The summed E-state index contributed by atoms with van der Waals surface area (Å²) in [5.41, 5.74) is -0.0656. The highest BCUT2D eigenvalue weighted by atomic mass is 16.5. The number of hydrogen-bond donors (Lipinski definition) is 0. The van der Waals surface area contributed by atoms with Crippen LogP contribution in [0.1, 0.15) is 59.8 Å². The number of ether oxygens (including phenoxy) is 1. The van der Waals surface area contributed by atoms with Crippen LogP contribution >= 0.6 is 0 Å². The lowest BCUT2D eigenvalue weighted by Crippen LogP contribution is -2.56. The van der Waals surface area contributed by atoms with Crippen LogP contribution in [0.4, 0.5) is 0 Å². The van der Waals surface area contributed by atoms with Gasteiger partial charge in [0.25, 0.3) is 0 Å². The molecule has 1 saturated heterocycles. The summed E-state index contributed by atoms with van der Waals surface area (Å²) in [6.45, 7) is 8.60. The first-order chi connectivity index (χ1) is 7.40. The second-order valence-electron chi connectivity index (χ2n) is 6.38. The maximum Gasteiger partial charge on any atom is 0.141 e. The van der Waals surface area contributed by atoms with Crippen molar-refractivity contribution in [2.45, 2.75) is 72.0 Å². The molecule has 3 atom stereocenters. The average molecular weight is 224 g/mol. The van der Waals surface area contributed by atoms with Crippen molar-refractivity contribution in [1.82, 2.24) is 0 Å². The van der Waals surface area contributed by atoms with Crippen molar-refractivity contribution in [3.05, 3.63) is 0 Å². The number of ketones is 1. The second kappa shape index (κ2) is 3.83. The molecule has 1 saturated carbocycles. The molecule has 2 nitrogen and oxygen atoms in total. The summed E-state index contributed by atoms with van der Waals surface area (Å²) < 4.78 is 6.21. The van der Waals surface area contributed by atoms with Crippen molar-refractivity contribution in [2.24, 2.45) is 10.8 Å². The first-order valence-corrected chi connectivity index (χ1v) is 6.59. The largest absolute Gasteiger partial charge is 0.373 e. The number of Topliss-reactive ketones (excluding diaryl/α,β-unsaturated/α-hetero) is 1. The zero-order valence-electron chi connectivity index (χ0n) is 11.0. The van der Waals surface area contributed by atoms with Gasteiger partial charge in [-0.15, -0.1) is 0 Å². The maximum atomic E-state index is 12.0. The van der Waals surface area contributed by atoms with Crippen molar-refractivity contribution >= 4 is 5.78 Å². The molecule has 92 valence electrons. The fourth-order valence-electron chi connectivity index (χ4n) is 3.51. The van der Waals surface area contributed by atoms with Crippen LogP contribution in [-0.4, -0.2) is 18.0 Å². The summed E-state index contributed by atoms with van der Waals surface area (Å²) in [5.74, 6) is 0.381. The molecule has 2 aliphatic rings. The van der Waals surface area contributed by atoms with Crippen LogP contribution in [0.15, 0.2) is 0 Å². The number of carbonyl (C=O) groups is 1. The molecule has 0 aromatic rings. The Morgan fingerprint density at radius 1 is 1.31 bits per heavy atom. The zero-order chi connectivity index (χ0) is 12.0. The van der Waals surface area contributed by atoms with Gasteiger partial charge in [0.05, 0.1) is 17.6 Å². The van der Waals surface area contributed by atoms with E-state index in [0.29, 0.717) is 11.9 Å². The first kappa shape index (κ1) is 12.1. The molecule has 0 N–H and O–H groups in total. The fraction of sp³-hybridized carbons (Fsp3) is 0.929. The van der Waals surface area contributed by atoms with E-state index in [4.69, 9.17) is 4.74 Å². The predicted molar refractivity (Wildman–Crippen MR) is 64.3 cm³/mol. The van der Waals surface area contributed by atoms with Gasteiger partial charge in [0.1, 0.15) is 5.78 Å². The van der Waals surface area contributed by atoms with E-state index >= 15 is 0 Å². The molecule has 1 aliphatic carbocycles. The molecule has 0 aromatic heterocycles. The van der Waals surface area contributed by atoms with Gasteiger partial charge in [-0.2, -0.15) is 0 Å². The third kappa shape index (κ3) is 1.71. The summed E-state index contributed by atoms with van der Waals surface area (Å²) in [7, 11) is 0. The van der Waals surface area contributed by atoms with Gasteiger partial charge in [-0.25, -0.2) is 0 Å². The standard InChI is InChI=1S/C14H24O2/c1-5-10-6-8-14(4)9-7-11(15)13(2,3)12(14)16-10/h10,12H,5-9H2,1-4H3/t10-,12-,14?/m0/s1. The van der Waals surface area contributed by atoms with Crippen molar-refractivity contribution in [3.63, 3.8) is 0 Å². The summed E-state index contributed by atoms with van der Waals surface area (Å²) in [4.78, 5) is 12.0. The van der Waals surface area contributed by atoms with Crippen LogP contribution < -0.4 is 0 Å². The molecule has 0 spiro atoms. The van der Waals surface area contributed by atoms with Gasteiger partial charge in [0.15, 0.2) is 0 Å². The second-order valence-corrected chi connectivity index (χ2v) is 6.38. The Hall–Kier alpha value is -0.370. The maximum absolute atomic E-state index is 12.0. The average Bonchev–Trinajstić information content (AvgIpc) is 2.25. The predicted octanol–water partition coefficient (Wildman–Crippen LogP) is 3.34. The Morgan fingerprint density at radius 3 is 2.62 bits per heavy atom. The SMILES string of the molecule is CC[C@H]1CCC2(C)CCC(=O)C(C)(C)[C@@H]2O1. The van der Waals surface area contributed by atoms with E-state index in [2.05, 4.69) is 27.7 Å². The van der Waals surface area contributed by atoms with Gasteiger partial charge in [-0.3, -0.25) is 4.79 Å². The van der Waals surface area contributed by atoms with Gasteiger partial charge in [-0.05, 0) is 31.1 Å². The van der Waals surface area contributed by atoms with Gasteiger partial charge >= 0.3 is 0 Å². The lowest BCUT2D eigenvalue weighted by Gasteiger charge is -2.53. The van der Waals surface area contributed by atoms with Crippen LogP contribution in [0.5, 0.6) is 0 Å². The fourth-order valence-corrected chi connectivity index (χ4v) is 3.51. The van der Waals surface area contributed by atoms with Crippen LogP contribution in [0.2, 0.25) is 0 Å². The molecule has 0 aromatic carbocycles. The van der Waals surface area contributed by atoms with E-state index in [-0.39, 0.29) is 16.9 Å². The monoisotopic (exact) mass is 224 g/mol. The Bertz CT molecular complexity index is 295. The summed E-state index contributed by atoms with van der Waals surface area (Å²) >= 11 is 0. The Balaban J connectivity index is 2.26. The molecular formula is C14H24O2. The minimum Gasteiger partial charge on any atom is -0.373 e. The van der Waals surface area contributed by atoms with Crippen molar-refractivity contribution in [2.75, 3.05) is 0 Å². The van der Waals surface area contributed by atoms with Crippen LogP contribution in [-0.2, 0) is 9.53 Å². The molecule has 16 heavy (non-hydrogen) atoms. The van der Waals surface area contributed by atoms with E-state index < -0.39 is 0 Å². The Labute approximate surface area is 98.7 Å². The topological polar surface area (TPSA) is 26.3 Å². The summed E-state index contributed by atoms with van der Waals surface area (Å²) in [6.07, 6.45) is 5.68. The third-order valence-corrected chi connectivity index (χ3v) is 4.75. The van der Waals surface area contributed by atoms with Gasteiger partial charge in [0.2, 0.25) is 0 Å². The van der Waals surface area contributed by atoms with E-state index in [1.807, 2.05) is 0 Å². The van der Waals surface area contributed by atoms with Crippen molar-refractivity contribution < 1.29 is 9.53 Å². The molecule has 2 fully saturated rings. The van der Waals surface area contributed by atoms with Gasteiger partial charge in [0, 0.05) is 6.42 Å². The summed E-state index contributed by atoms with van der Waals surface area (Å²) in [5, 5.41) is 0. The number of hydrogen-bond acceptors (Lipinski definition) is 2. The van der Waals surface area contributed by atoms with Crippen molar-refractivity contribution in [3.8, 4) is 0 Å². The number of carbonyl (C=O) groups excluding carboxylic acids is 1. The van der Waals surface area contributed by atoms with E-state index in [1.165, 1.54) is 6.42 Å². The van der Waals surface area contributed by atoms with Crippen LogP contribution in [0, 0.1) is 10.8 Å². The highest BCUT2D eigenvalue weighted by Gasteiger charge is 2.54. The van der Waals surface area contributed by atoms with Gasteiger partial charge in [-0.1, -0.05) is 27.7 Å². The zero-order valence-corrected chi connectivity index (χ0v) is 11.0. The van der Waals surface area contributed by atoms with Crippen LogP contribution in [0.25, 0.3) is 0 Å². The third-order valence-electron chi connectivity index (χ3n) is 4.75. The first-order valence-electron chi connectivity index (χ1n) is 6.59. The van der Waals surface area contributed by atoms with E-state index in [0.717, 1.165) is 25.7 Å². The molecular weight excluding hydrogens is 200 g/mol. The minimum atomic E-state index is -0.291. The molecule has 2 rings (SSSR count). The molecule has 1 aliphatic heterocycles. The molecule has 0 bridgehead atoms. The summed E-state index contributed by atoms with van der Waals surface area (Å²) in [6, 6.07) is 0. The van der Waals surface area contributed by atoms with E-state index in [9.17, 15) is 4.79 Å². The number of fused-ring (bicyclic) bond motifs is 1. The molecule has 1 unspecified atom stereocenters. The normalized spacial score (nSPS) is 42.9. The molecule has 0 radical (unpaired) electrons. The number of rotatable bonds is 1. The highest BCUT2D eigenvalue weighted by molar-refractivity contribution is 5.85. The minimum absolute atomic E-state index is 0.125. The molecule has 2 heteroatoms.